The Morgan fingerprint density at radius 3 is 2.71 bits per heavy atom. The normalized spacial score (nSPS) is 12.0. The molecule has 0 aromatic heterocycles. The molecule has 2 aromatic carbocycles. The van der Waals surface area contributed by atoms with E-state index in [9.17, 15) is 9.18 Å². The second-order valence-corrected chi connectivity index (χ2v) is 7.24. The van der Waals surface area contributed by atoms with Crippen LogP contribution in [0.1, 0.15) is 35.2 Å². The van der Waals surface area contributed by atoms with Gasteiger partial charge in [-0.05, 0) is 44.0 Å². The van der Waals surface area contributed by atoms with Crippen LogP contribution < -0.4 is 5.32 Å². The van der Waals surface area contributed by atoms with Crippen molar-refractivity contribution in [3.05, 3.63) is 69.5 Å². The van der Waals surface area contributed by atoms with Crippen LogP contribution in [0.3, 0.4) is 0 Å². The van der Waals surface area contributed by atoms with Crippen molar-refractivity contribution in [2.24, 2.45) is 0 Å². The van der Waals surface area contributed by atoms with Gasteiger partial charge in [-0.1, -0.05) is 41.4 Å². The number of carbonyl (C=O) groups excluding carboxylic acids is 1. The molecule has 5 heteroatoms. The van der Waals surface area contributed by atoms with Gasteiger partial charge in [0.2, 0.25) is 5.91 Å². The van der Waals surface area contributed by atoms with Gasteiger partial charge >= 0.3 is 0 Å². The van der Waals surface area contributed by atoms with E-state index in [-0.39, 0.29) is 23.5 Å². The van der Waals surface area contributed by atoms with Gasteiger partial charge in [-0.25, -0.2) is 4.39 Å². The molecule has 0 fully saturated rings. The molecule has 2 nitrogen and oxygen atoms in total. The second-order valence-electron chi connectivity index (χ2n) is 5.84. The maximum atomic E-state index is 13.7. The van der Waals surface area contributed by atoms with Gasteiger partial charge in [-0.15, -0.1) is 11.8 Å². The Morgan fingerprint density at radius 2 is 2.04 bits per heavy atom. The van der Waals surface area contributed by atoms with Gasteiger partial charge in [-0.3, -0.25) is 4.79 Å². The lowest BCUT2D eigenvalue weighted by Gasteiger charge is -2.17. The fourth-order valence-electron chi connectivity index (χ4n) is 2.59. The third-order valence-electron chi connectivity index (χ3n) is 3.81. The van der Waals surface area contributed by atoms with E-state index < -0.39 is 0 Å². The van der Waals surface area contributed by atoms with E-state index in [1.807, 2.05) is 32.9 Å². The zero-order valence-electron chi connectivity index (χ0n) is 14.0. The molecule has 2 aromatic rings. The Morgan fingerprint density at radius 1 is 1.29 bits per heavy atom. The minimum absolute atomic E-state index is 0.0595. The first kappa shape index (κ1) is 18.8. The maximum Gasteiger partial charge on any atom is 0.230 e. The summed E-state index contributed by atoms with van der Waals surface area (Å²) in [5.41, 5.74) is 3.91. The molecular weight excluding hydrogens is 345 g/mol. The number of carbonyl (C=O) groups is 1. The molecule has 0 aliphatic heterocycles. The lowest BCUT2D eigenvalue weighted by atomic mass is 10.0. The number of rotatable bonds is 6. The highest BCUT2D eigenvalue weighted by Gasteiger charge is 2.13. The van der Waals surface area contributed by atoms with E-state index in [0.29, 0.717) is 16.3 Å². The molecule has 1 amide bonds. The smallest absolute Gasteiger partial charge is 0.230 e. The minimum atomic E-state index is -0.334. The van der Waals surface area contributed by atoms with Crippen molar-refractivity contribution in [2.75, 3.05) is 5.75 Å². The Kier molecular flexibility index (Phi) is 6.69. The number of hydrogen-bond acceptors (Lipinski definition) is 2. The third kappa shape index (κ3) is 4.99. The summed E-state index contributed by atoms with van der Waals surface area (Å²) in [5.74, 6) is 0.232. The molecule has 2 rings (SSSR count). The summed E-state index contributed by atoms with van der Waals surface area (Å²) in [4.78, 5) is 12.1. The van der Waals surface area contributed by atoms with Crippen molar-refractivity contribution in [1.82, 2.24) is 5.32 Å². The van der Waals surface area contributed by atoms with Crippen LogP contribution in [0.15, 0.2) is 36.4 Å². The highest BCUT2D eigenvalue weighted by molar-refractivity contribution is 7.99. The molecule has 1 unspecified atom stereocenters. The molecular formula is C19H21ClFNOS. The molecule has 1 atom stereocenters. The van der Waals surface area contributed by atoms with Crippen molar-refractivity contribution in [2.45, 2.75) is 32.6 Å². The Hall–Kier alpha value is -1.52. The predicted molar refractivity (Wildman–Crippen MR) is 100 cm³/mol. The molecule has 0 saturated heterocycles. The molecule has 0 radical (unpaired) electrons. The van der Waals surface area contributed by atoms with Gasteiger partial charge < -0.3 is 5.32 Å². The molecule has 128 valence electrons. The zero-order valence-corrected chi connectivity index (χ0v) is 15.6. The number of aryl methyl sites for hydroxylation is 2. The van der Waals surface area contributed by atoms with Crippen LogP contribution in [-0.2, 0) is 10.5 Å². The predicted octanol–water partition coefficient (Wildman–Crippen LogP) is 5.21. The number of halogens is 2. The maximum absolute atomic E-state index is 13.7. The lowest BCUT2D eigenvalue weighted by molar-refractivity contribution is -0.119. The first-order valence-corrected chi connectivity index (χ1v) is 9.29. The number of benzene rings is 2. The molecule has 0 saturated carbocycles. The summed E-state index contributed by atoms with van der Waals surface area (Å²) in [6.07, 6.45) is 0. The van der Waals surface area contributed by atoms with Crippen LogP contribution in [0.25, 0.3) is 0 Å². The van der Waals surface area contributed by atoms with Gasteiger partial charge in [0.1, 0.15) is 5.82 Å². The van der Waals surface area contributed by atoms with Crippen molar-refractivity contribution in [3.63, 3.8) is 0 Å². The van der Waals surface area contributed by atoms with Crippen molar-refractivity contribution >= 4 is 29.3 Å². The van der Waals surface area contributed by atoms with Crippen molar-refractivity contribution in [3.8, 4) is 0 Å². The van der Waals surface area contributed by atoms with E-state index in [4.69, 9.17) is 11.6 Å². The topological polar surface area (TPSA) is 29.1 Å². The molecule has 0 aliphatic carbocycles. The standard InChI is InChI=1S/C19H21ClFNOS/c1-12-7-8-15(13(2)9-12)14(3)22-19(23)11-24-10-16-17(20)5-4-6-18(16)21/h4-9,14H,10-11H2,1-3H3,(H,22,23). The van der Waals surface area contributed by atoms with Gasteiger partial charge in [0.25, 0.3) is 0 Å². The first-order valence-electron chi connectivity index (χ1n) is 7.75. The summed E-state index contributed by atoms with van der Waals surface area (Å²) < 4.78 is 13.7. The fourth-order valence-corrected chi connectivity index (χ4v) is 3.77. The third-order valence-corrected chi connectivity index (χ3v) is 5.12. The van der Waals surface area contributed by atoms with Crippen LogP contribution in [0.2, 0.25) is 5.02 Å². The van der Waals surface area contributed by atoms with E-state index in [2.05, 4.69) is 11.4 Å². The zero-order chi connectivity index (χ0) is 17.7. The highest BCUT2D eigenvalue weighted by Crippen LogP contribution is 2.24. The van der Waals surface area contributed by atoms with Crippen LogP contribution in [0.4, 0.5) is 4.39 Å². The second kappa shape index (κ2) is 8.54. The number of nitrogens with one attached hydrogen (secondary N) is 1. The Labute approximate surface area is 151 Å². The molecule has 0 aliphatic rings. The minimum Gasteiger partial charge on any atom is -0.349 e. The van der Waals surface area contributed by atoms with E-state index >= 15 is 0 Å². The number of thioether (sulfide) groups is 1. The largest absolute Gasteiger partial charge is 0.349 e. The van der Waals surface area contributed by atoms with E-state index in [0.717, 1.165) is 11.1 Å². The average Bonchev–Trinajstić information content (AvgIpc) is 2.50. The summed E-state index contributed by atoms with van der Waals surface area (Å²) >= 11 is 7.34. The van der Waals surface area contributed by atoms with E-state index in [1.165, 1.54) is 23.4 Å². The Bertz CT molecular complexity index is 715. The van der Waals surface area contributed by atoms with Gasteiger partial charge in [0, 0.05) is 16.3 Å². The summed E-state index contributed by atoms with van der Waals surface area (Å²) in [6, 6.07) is 10.7. The molecule has 0 bridgehead atoms. The quantitative estimate of drug-likeness (QED) is 0.761. The van der Waals surface area contributed by atoms with Crippen molar-refractivity contribution in [1.29, 1.82) is 0 Å². The molecule has 24 heavy (non-hydrogen) atoms. The monoisotopic (exact) mass is 365 g/mol. The van der Waals surface area contributed by atoms with Crippen LogP contribution in [0.5, 0.6) is 0 Å². The first-order chi connectivity index (χ1) is 11.4. The highest BCUT2D eigenvalue weighted by atomic mass is 35.5. The summed E-state index contributed by atoms with van der Waals surface area (Å²) in [7, 11) is 0. The van der Waals surface area contributed by atoms with E-state index in [1.54, 1.807) is 12.1 Å². The SMILES string of the molecule is Cc1ccc(C(C)NC(=O)CSCc2c(F)cccc2Cl)c(C)c1. The lowest BCUT2D eigenvalue weighted by Crippen LogP contribution is -2.28. The fraction of sp³-hybridized carbons (Fsp3) is 0.316. The Balaban J connectivity index is 1.87. The van der Waals surface area contributed by atoms with Crippen LogP contribution in [-0.4, -0.2) is 11.7 Å². The molecule has 0 spiro atoms. The van der Waals surface area contributed by atoms with Crippen molar-refractivity contribution < 1.29 is 9.18 Å². The van der Waals surface area contributed by atoms with Crippen LogP contribution >= 0.6 is 23.4 Å². The summed E-state index contributed by atoms with van der Waals surface area (Å²) in [6.45, 7) is 6.05. The number of amides is 1. The van der Waals surface area contributed by atoms with Gasteiger partial charge in [-0.2, -0.15) is 0 Å². The van der Waals surface area contributed by atoms with Gasteiger partial charge in [0.05, 0.1) is 11.8 Å². The van der Waals surface area contributed by atoms with Gasteiger partial charge in [0.15, 0.2) is 0 Å². The molecule has 1 N–H and O–H groups in total. The molecule has 0 heterocycles. The average molecular weight is 366 g/mol. The number of hydrogen-bond donors (Lipinski definition) is 1. The van der Waals surface area contributed by atoms with Crippen LogP contribution in [0, 0.1) is 19.7 Å². The summed E-state index contributed by atoms with van der Waals surface area (Å²) in [5, 5.41) is 3.38.